The van der Waals surface area contributed by atoms with E-state index in [0.717, 1.165) is 38.3 Å². The first-order chi connectivity index (χ1) is 13.0. The van der Waals surface area contributed by atoms with Gasteiger partial charge in [0.1, 0.15) is 6.61 Å². The number of benzene rings is 1. The largest absolute Gasteiger partial charge is 0.467 e. The summed E-state index contributed by atoms with van der Waals surface area (Å²) >= 11 is 0. The fourth-order valence-corrected chi connectivity index (χ4v) is 2.86. The van der Waals surface area contributed by atoms with Crippen LogP contribution >= 0.6 is 0 Å². The average molecular weight is 384 g/mol. The van der Waals surface area contributed by atoms with E-state index in [1.165, 1.54) is 12.1 Å². The van der Waals surface area contributed by atoms with Gasteiger partial charge in [0.25, 0.3) is 12.4 Å². The van der Waals surface area contributed by atoms with Crippen LogP contribution in [0.1, 0.15) is 11.4 Å². The van der Waals surface area contributed by atoms with Crippen LogP contribution in [0.2, 0.25) is 0 Å². The van der Waals surface area contributed by atoms with Crippen LogP contribution in [0.15, 0.2) is 28.8 Å². The van der Waals surface area contributed by atoms with Crippen molar-refractivity contribution < 1.29 is 27.2 Å². The molecule has 27 heavy (non-hydrogen) atoms. The van der Waals surface area contributed by atoms with Gasteiger partial charge in [0.2, 0.25) is 0 Å². The molecule has 1 saturated heterocycles. The van der Waals surface area contributed by atoms with E-state index in [0.29, 0.717) is 32.0 Å². The zero-order valence-corrected chi connectivity index (χ0v) is 14.5. The lowest BCUT2D eigenvalue weighted by molar-refractivity contribution is -0.137. The topological polar surface area (TPSA) is 71.7 Å². The van der Waals surface area contributed by atoms with Gasteiger partial charge in [-0.25, -0.2) is 0 Å². The van der Waals surface area contributed by atoms with Crippen molar-refractivity contribution >= 4 is 6.47 Å². The van der Waals surface area contributed by atoms with Gasteiger partial charge in [0.05, 0.1) is 12.1 Å². The quantitative estimate of drug-likeness (QED) is 0.534. The molecule has 3 rings (SSSR count). The standard InChI is InChI=1S/C17H19F3N4O3/c18-17(19,20)14-3-1-2-13(10-14)16-21-15(22-27-16)11-24-6-4-23(5-7-24)8-9-26-12-25/h1-3,10,12H,4-9,11H2. The number of rotatable bonds is 7. The first-order valence-electron chi connectivity index (χ1n) is 8.46. The first-order valence-corrected chi connectivity index (χ1v) is 8.46. The second-order valence-corrected chi connectivity index (χ2v) is 6.18. The predicted octanol–water partition coefficient (Wildman–Crippen LogP) is 2.05. The molecule has 0 radical (unpaired) electrons. The maximum Gasteiger partial charge on any atom is 0.416 e. The molecule has 0 spiro atoms. The average Bonchev–Trinajstić information content (AvgIpc) is 3.11. The Kier molecular flexibility index (Phi) is 6.07. The van der Waals surface area contributed by atoms with Crippen molar-refractivity contribution in [2.45, 2.75) is 12.7 Å². The number of carbonyl (C=O) groups excluding carboxylic acids is 1. The van der Waals surface area contributed by atoms with Gasteiger partial charge in [0, 0.05) is 38.3 Å². The Labute approximate surface area is 153 Å². The van der Waals surface area contributed by atoms with Crippen molar-refractivity contribution in [1.29, 1.82) is 0 Å². The number of piperazine rings is 1. The molecule has 1 aromatic heterocycles. The Morgan fingerprint density at radius 2 is 1.93 bits per heavy atom. The van der Waals surface area contributed by atoms with Crippen LogP contribution in [0, 0.1) is 0 Å². The molecule has 1 aromatic carbocycles. The van der Waals surface area contributed by atoms with Crippen molar-refractivity contribution in [1.82, 2.24) is 19.9 Å². The summed E-state index contributed by atoms with van der Waals surface area (Å²) in [5.41, 5.74) is -0.516. The maximum absolute atomic E-state index is 12.8. The van der Waals surface area contributed by atoms with Crippen LogP contribution in [-0.4, -0.2) is 65.7 Å². The third kappa shape index (κ3) is 5.27. The van der Waals surface area contributed by atoms with E-state index in [1.54, 1.807) is 0 Å². The summed E-state index contributed by atoms with van der Waals surface area (Å²) in [4.78, 5) is 18.7. The summed E-state index contributed by atoms with van der Waals surface area (Å²) in [6.45, 7) is 5.17. The molecule has 0 atom stereocenters. The molecule has 1 aliphatic heterocycles. The Balaban J connectivity index is 1.55. The lowest BCUT2D eigenvalue weighted by Crippen LogP contribution is -2.46. The molecule has 0 amide bonds. The van der Waals surface area contributed by atoms with E-state index in [4.69, 9.17) is 9.26 Å². The van der Waals surface area contributed by atoms with Gasteiger partial charge < -0.3 is 9.26 Å². The van der Waals surface area contributed by atoms with Gasteiger partial charge in [-0.15, -0.1) is 0 Å². The van der Waals surface area contributed by atoms with E-state index in [2.05, 4.69) is 19.9 Å². The molecule has 146 valence electrons. The van der Waals surface area contributed by atoms with Gasteiger partial charge in [-0.05, 0) is 18.2 Å². The minimum Gasteiger partial charge on any atom is -0.467 e. The van der Waals surface area contributed by atoms with E-state index in [1.807, 2.05) is 0 Å². The maximum atomic E-state index is 12.8. The van der Waals surface area contributed by atoms with Crippen molar-refractivity contribution in [3.8, 4) is 11.5 Å². The number of ether oxygens (including phenoxy) is 1. The summed E-state index contributed by atoms with van der Waals surface area (Å²) in [5.74, 6) is 0.501. The summed E-state index contributed by atoms with van der Waals surface area (Å²) in [7, 11) is 0. The molecule has 0 bridgehead atoms. The van der Waals surface area contributed by atoms with Gasteiger partial charge in [-0.2, -0.15) is 18.2 Å². The smallest absolute Gasteiger partial charge is 0.416 e. The number of alkyl halides is 3. The van der Waals surface area contributed by atoms with E-state index in [9.17, 15) is 18.0 Å². The van der Waals surface area contributed by atoms with Gasteiger partial charge in [0.15, 0.2) is 5.82 Å². The van der Waals surface area contributed by atoms with Gasteiger partial charge in [-0.3, -0.25) is 14.6 Å². The second kappa shape index (κ2) is 8.49. The van der Waals surface area contributed by atoms with E-state index >= 15 is 0 Å². The Morgan fingerprint density at radius 1 is 1.19 bits per heavy atom. The van der Waals surface area contributed by atoms with Crippen molar-refractivity contribution in [2.24, 2.45) is 0 Å². The molecule has 2 heterocycles. The minimum absolute atomic E-state index is 0.0701. The Morgan fingerprint density at radius 3 is 2.63 bits per heavy atom. The molecule has 1 fully saturated rings. The molecule has 0 N–H and O–H groups in total. The van der Waals surface area contributed by atoms with E-state index in [-0.39, 0.29) is 11.5 Å². The first kappa shape index (κ1) is 19.3. The fourth-order valence-electron chi connectivity index (χ4n) is 2.86. The minimum atomic E-state index is -4.42. The molecule has 10 heteroatoms. The molecular formula is C17H19F3N4O3. The third-order valence-corrected chi connectivity index (χ3v) is 4.33. The number of carbonyl (C=O) groups is 1. The van der Waals surface area contributed by atoms with Crippen molar-refractivity contribution in [3.05, 3.63) is 35.7 Å². The number of halogens is 3. The molecule has 0 unspecified atom stereocenters. The third-order valence-electron chi connectivity index (χ3n) is 4.33. The van der Waals surface area contributed by atoms with Crippen LogP contribution in [0.4, 0.5) is 13.2 Å². The SMILES string of the molecule is O=COCCN1CCN(Cc2noc(-c3cccc(C(F)(F)F)c3)n2)CC1. The second-order valence-electron chi connectivity index (χ2n) is 6.18. The van der Waals surface area contributed by atoms with Crippen LogP contribution in [0.25, 0.3) is 11.5 Å². The number of nitrogens with zero attached hydrogens (tertiary/aromatic N) is 4. The van der Waals surface area contributed by atoms with Crippen molar-refractivity contribution in [3.63, 3.8) is 0 Å². The highest BCUT2D eigenvalue weighted by Gasteiger charge is 2.31. The highest BCUT2D eigenvalue weighted by atomic mass is 19.4. The van der Waals surface area contributed by atoms with Crippen LogP contribution < -0.4 is 0 Å². The van der Waals surface area contributed by atoms with Crippen LogP contribution in [0.5, 0.6) is 0 Å². The fraction of sp³-hybridized carbons (Fsp3) is 0.471. The Hall–Kier alpha value is -2.46. The Bertz CT molecular complexity index is 758. The number of aromatic nitrogens is 2. The van der Waals surface area contributed by atoms with E-state index < -0.39 is 11.7 Å². The van der Waals surface area contributed by atoms with Crippen LogP contribution in [0.3, 0.4) is 0 Å². The van der Waals surface area contributed by atoms with Gasteiger partial charge in [-0.1, -0.05) is 11.2 Å². The zero-order valence-electron chi connectivity index (χ0n) is 14.5. The van der Waals surface area contributed by atoms with Crippen molar-refractivity contribution in [2.75, 3.05) is 39.3 Å². The number of hydrogen-bond donors (Lipinski definition) is 0. The molecule has 0 aliphatic carbocycles. The highest BCUT2D eigenvalue weighted by Crippen LogP contribution is 2.31. The molecular weight excluding hydrogens is 365 g/mol. The molecule has 7 nitrogen and oxygen atoms in total. The monoisotopic (exact) mass is 384 g/mol. The highest BCUT2D eigenvalue weighted by molar-refractivity contribution is 5.54. The van der Waals surface area contributed by atoms with Crippen LogP contribution in [-0.2, 0) is 22.3 Å². The molecule has 2 aromatic rings. The summed E-state index contributed by atoms with van der Waals surface area (Å²) in [6.07, 6.45) is -4.42. The number of hydrogen-bond acceptors (Lipinski definition) is 7. The van der Waals surface area contributed by atoms with Gasteiger partial charge >= 0.3 is 6.18 Å². The predicted molar refractivity (Wildman–Crippen MR) is 88.5 cm³/mol. The molecule has 1 aliphatic rings. The molecule has 0 saturated carbocycles. The normalized spacial score (nSPS) is 16.4. The summed E-state index contributed by atoms with van der Waals surface area (Å²) < 4.78 is 48.3. The lowest BCUT2D eigenvalue weighted by atomic mass is 10.1. The lowest BCUT2D eigenvalue weighted by Gasteiger charge is -2.33. The summed E-state index contributed by atoms with van der Waals surface area (Å²) in [6, 6.07) is 4.82. The summed E-state index contributed by atoms with van der Waals surface area (Å²) in [5, 5.41) is 3.88. The zero-order chi connectivity index (χ0) is 19.3.